The fourth-order valence-electron chi connectivity index (χ4n) is 9.55. The third-order valence-electron chi connectivity index (χ3n) is 14.6. The van der Waals surface area contributed by atoms with Gasteiger partial charge >= 0.3 is 17.9 Å². The molecule has 6 heteroatoms. The van der Waals surface area contributed by atoms with Crippen molar-refractivity contribution in [2.75, 3.05) is 19.8 Å². The monoisotopic (exact) mass is 985 g/mol. The normalized spacial score (nSPS) is 12.7. The molecule has 0 saturated carbocycles. The van der Waals surface area contributed by atoms with Crippen molar-refractivity contribution in [2.24, 2.45) is 11.8 Å². The van der Waals surface area contributed by atoms with Crippen LogP contribution in [-0.2, 0) is 28.6 Å². The maximum absolute atomic E-state index is 12.8. The Kier molecular flexibility index (Phi) is 54.5. The average molecular weight is 986 g/mol. The Morgan fingerprint density at radius 3 is 1.19 bits per heavy atom. The summed E-state index contributed by atoms with van der Waals surface area (Å²) in [4.78, 5) is 37.8. The number of rotatable bonds is 56. The maximum atomic E-state index is 12.8. The van der Waals surface area contributed by atoms with Crippen LogP contribution < -0.4 is 0 Å². The molecule has 70 heavy (non-hydrogen) atoms. The van der Waals surface area contributed by atoms with E-state index in [-0.39, 0.29) is 23.8 Å². The predicted octanol–water partition coefficient (Wildman–Crippen LogP) is 20.8. The zero-order valence-corrected chi connectivity index (χ0v) is 47.7. The molecule has 0 aromatic heterocycles. The van der Waals surface area contributed by atoms with Crippen molar-refractivity contribution in [2.45, 2.75) is 336 Å². The van der Waals surface area contributed by atoms with Crippen LogP contribution >= 0.6 is 0 Å². The Labute approximate surface area is 436 Å². The molecule has 0 bridgehead atoms. The summed E-state index contributed by atoms with van der Waals surface area (Å²) < 4.78 is 17.3. The second-order valence-electron chi connectivity index (χ2n) is 21.5. The molecule has 2 atom stereocenters. The zero-order chi connectivity index (χ0) is 51.1. The van der Waals surface area contributed by atoms with Gasteiger partial charge in [-0.25, -0.2) is 0 Å². The first-order chi connectivity index (χ1) is 34.4. The number of hydrogen-bond acceptors (Lipinski definition) is 6. The van der Waals surface area contributed by atoms with E-state index >= 15 is 0 Å². The van der Waals surface area contributed by atoms with Crippen LogP contribution in [0.1, 0.15) is 336 Å². The first kappa shape index (κ1) is 67.9. The fourth-order valence-corrected chi connectivity index (χ4v) is 9.55. The van der Waals surface area contributed by atoms with Crippen molar-refractivity contribution in [3.8, 4) is 0 Å². The van der Waals surface area contributed by atoms with Gasteiger partial charge in [0.15, 0.2) is 0 Å². The SMILES string of the molecule is CCCCCCCC=C(CCCCCCCCC(=O)OCC(CC)CCCC)COC(=O)CCCCCCCC(/C=C/CCCCCCC)COC(=O)CCCCCCCCCCCCCCCCC. The van der Waals surface area contributed by atoms with Crippen molar-refractivity contribution < 1.29 is 28.6 Å². The second-order valence-corrected chi connectivity index (χ2v) is 21.5. The highest BCUT2D eigenvalue weighted by molar-refractivity contribution is 5.70. The van der Waals surface area contributed by atoms with Crippen LogP contribution in [0.25, 0.3) is 0 Å². The molecule has 0 radical (unpaired) electrons. The lowest BCUT2D eigenvalue weighted by Crippen LogP contribution is -2.13. The van der Waals surface area contributed by atoms with Crippen LogP contribution in [0.2, 0.25) is 0 Å². The standard InChI is InChI=1S/C64H120O6/c1-6-11-15-18-21-22-23-24-25-26-27-28-30-38-45-54-63(66)69-58-61(50-42-35-29-19-16-12-7-2)52-44-37-33-40-47-55-64(67)70-57-60(49-41-34-20-17-13-8-3)51-43-36-31-32-39-46-53-62(65)68-56-59(10-5)48-14-9-4/h42,49-50,59,61H,6-41,43-48,51-58H2,1-5H3/b50-42+,60-49?. The molecule has 0 aliphatic rings. The van der Waals surface area contributed by atoms with Crippen molar-refractivity contribution in [3.05, 3.63) is 23.8 Å². The van der Waals surface area contributed by atoms with Crippen molar-refractivity contribution in [3.63, 3.8) is 0 Å². The highest BCUT2D eigenvalue weighted by atomic mass is 16.5. The topological polar surface area (TPSA) is 78.9 Å². The highest BCUT2D eigenvalue weighted by Gasteiger charge is 2.12. The average Bonchev–Trinajstić information content (AvgIpc) is 3.36. The lowest BCUT2D eigenvalue weighted by Gasteiger charge is -2.14. The van der Waals surface area contributed by atoms with E-state index in [0.29, 0.717) is 45.0 Å². The molecule has 412 valence electrons. The summed E-state index contributed by atoms with van der Waals surface area (Å²) in [6.07, 6.45) is 62.1. The molecule has 0 saturated heterocycles. The summed E-state index contributed by atoms with van der Waals surface area (Å²) in [7, 11) is 0. The van der Waals surface area contributed by atoms with E-state index in [0.717, 1.165) is 109 Å². The number of hydrogen-bond donors (Lipinski definition) is 0. The van der Waals surface area contributed by atoms with Crippen molar-refractivity contribution >= 4 is 17.9 Å². The van der Waals surface area contributed by atoms with Gasteiger partial charge in [0.05, 0.1) is 13.2 Å². The third-order valence-corrected chi connectivity index (χ3v) is 14.6. The predicted molar refractivity (Wildman–Crippen MR) is 302 cm³/mol. The van der Waals surface area contributed by atoms with E-state index in [9.17, 15) is 14.4 Å². The molecule has 0 aliphatic carbocycles. The number of allylic oxidation sites excluding steroid dienone is 2. The third kappa shape index (κ3) is 50.8. The largest absolute Gasteiger partial charge is 0.465 e. The van der Waals surface area contributed by atoms with Crippen LogP contribution in [0, 0.1) is 11.8 Å². The van der Waals surface area contributed by atoms with Crippen molar-refractivity contribution in [1.29, 1.82) is 0 Å². The van der Waals surface area contributed by atoms with E-state index in [4.69, 9.17) is 14.2 Å². The molecule has 0 aromatic rings. The Morgan fingerprint density at radius 2 is 0.729 bits per heavy atom. The molecule has 0 spiro atoms. The van der Waals surface area contributed by atoms with E-state index < -0.39 is 0 Å². The van der Waals surface area contributed by atoms with Crippen LogP contribution in [0.5, 0.6) is 0 Å². The van der Waals surface area contributed by atoms with Crippen molar-refractivity contribution in [1.82, 2.24) is 0 Å². The number of carbonyl (C=O) groups excluding carboxylic acids is 3. The molecule has 2 unspecified atom stereocenters. The van der Waals surface area contributed by atoms with Gasteiger partial charge in [-0.15, -0.1) is 0 Å². The second kappa shape index (κ2) is 56.2. The van der Waals surface area contributed by atoms with Gasteiger partial charge in [0.1, 0.15) is 6.61 Å². The number of esters is 3. The lowest BCUT2D eigenvalue weighted by molar-refractivity contribution is -0.146. The van der Waals surface area contributed by atoms with Crippen LogP contribution in [-0.4, -0.2) is 37.7 Å². The summed E-state index contributed by atoms with van der Waals surface area (Å²) in [6.45, 7) is 12.7. The van der Waals surface area contributed by atoms with Gasteiger partial charge < -0.3 is 14.2 Å². The molecule has 0 aromatic carbocycles. The Hall–Kier alpha value is -2.11. The Morgan fingerprint density at radius 1 is 0.357 bits per heavy atom. The van der Waals surface area contributed by atoms with Gasteiger partial charge in [0.2, 0.25) is 0 Å². The minimum absolute atomic E-state index is 0.0264. The van der Waals surface area contributed by atoms with E-state index in [2.05, 4.69) is 52.8 Å². The summed E-state index contributed by atoms with van der Waals surface area (Å²) >= 11 is 0. The summed E-state index contributed by atoms with van der Waals surface area (Å²) in [5, 5.41) is 0. The van der Waals surface area contributed by atoms with Gasteiger partial charge in [-0.1, -0.05) is 265 Å². The molecular formula is C64H120O6. The number of carbonyl (C=O) groups is 3. The Balaban J connectivity index is 4.47. The van der Waals surface area contributed by atoms with Gasteiger partial charge in [0.25, 0.3) is 0 Å². The molecule has 6 nitrogen and oxygen atoms in total. The first-order valence-corrected chi connectivity index (χ1v) is 31.2. The molecular weight excluding hydrogens is 865 g/mol. The summed E-state index contributed by atoms with van der Waals surface area (Å²) in [5.74, 6) is 0.670. The van der Waals surface area contributed by atoms with Gasteiger partial charge in [-0.05, 0) is 82.1 Å². The number of ether oxygens (including phenoxy) is 3. The minimum Gasteiger partial charge on any atom is -0.465 e. The van der Waals surface area contributed by atoms with Gasteiger partial charge in [-0.3, -0.25) is 14.4 Å². The molecule has 0 heterocycles. The maximum Gasteiger partial charge on any atom is 0.306 e. The van der Waals surface area contributed by atoms with E-state index in [1.165, 1.54) is 179 Å². The fraction of sp³-hybridized carbons (Fsp3) is 0.891. The first-order valence-electron chi connectivity index (χ1n) is 31.2. The molecule has 0 fully saturated rings. The lowest BCUT2D eigenvalue weighted by atomic mass is 9.99. The van der Waals surface area contributed by atoms with E-state index in [1.54, 1.807) is 0 Å². The van der Waals surface area contributed by atoms with Crippen LogP contribution in [0.15, 0.2) is 23.8 Å². The molecule has 0 N–H and O–H groups in total. The molecule has 0 rings (SSSR count). The number of unbranched alkanes of at least 4 members (excludes halogenated alkanes) is 34. The van der Waals surface area contributed by atoms with Crippen LogP contribution in [0.4, 0.5) is 0 Å². The minimum atomic E-state index is -0.0652. The highest BCUT2D eigenvalue weighted by Crippen LogP contribution is 2.20. The summed E-state index contributed by atoms with van der Waals surface area (Å²) in [6, 6.07) is 0. The Bertz CT molecular complexity index is 1180. The van der Waals surface area contributed by atoms with E-state index in [1.807, 2.05) is 0 Å². The van der Waals surface area contributed by atoms with Gasteiger partial charge in [-0.2, -0.15) is 0 Å². The molecule has 0 aliphatic heterocycles. The zero-order valence-electron chi connectivity index (χ0n) is 47.7. The van der Waals surface area contributed by atoms with Crippen LogP contribution in [0.3, 0.4) is 0 Å². The summed E-state index contributed by atoms with van der Waals surface area (Å²) in [5.41, 5.74) is 1.28. The smallest absolute Gasteiger partial charge is 0.306 e. The van der Waals surface area contributed by atoms with Gasteiger partial charge in [0, 0.05) is 25.2 Å². The quantitative estimate of drug-likeness (QED) is 0.0261. The molecule has 0 amide bonds.